The quantitative estimate of drug-likeness (QED) is 0.828. The lowest BCUT2D eigenvalue weighted by Crippen LogP contribution is -2.47. The fourth-order valence-corrected chi connectivity index (χ4v) is 3.93. The molecule has 0 fully saturated rings. The zero-order chi connectivity index (χ0) is 18.6. The van der Waals surface area contributed by atoms with E-state index in [0.717, 1.165) is 16.1 Å². The summed E-state index contributed by atoms with van der Waals surface area (Å²) >= 11 is 6.07. The number of hydrogen-bond donors (Lipinski definition) is 1. The van der Waals surface area contributed by atoms with E-state index in [4.69, 9.17) is 11.6 Å². The topological polar surface area (TPSA) is 66.5 Å². The third-order valence-electron chi connectivity index (χ3n) is 3.75. The molecule has 0 radical (unpaired) electrons. The summed E-state index contributed by atoms with van der Waals surface area (Å²) in [7, 11) is -3.65. The summed E-state index contributed by atoms with van der Waals surface area (Å²) < 4.78 is 25.9. The van der Waals surface area contributed by atoms with Crippen LogP contribution in [0.5, 0.6) is 0 Å². The molecule has 1 N–H and O–H groups in total. The van der Waals surface area contributed by atoms with E-state index in [9.17, 15) is 13.2 Å². The summed E-state index contributed by atoms with van der Waals surface area (Å²) in [5.41, 5.74) is 1.91. The smallest absolute Gasteiger partial charge is 0.248 e. The van der Waals surface area contributed by atoms with Crippen LogP contribution in [0.25, 0.3) is 0 Å². The second-order valence-electron chi connectivity index (χ2n) is 5.79. The van der Waals surface area contributed by atoms with Crippen LogP contribution in [-0.4, -0.2) is 26.6 Å². The van der Waals surface area contributed by atoms with Crippen molar-refractivity contribution in [3.05, 3.63) is 59.1 Å². The number of carbonyl (C=O) groups excluding carboxylic acids is 1. The first-order chi connectivity index (χ1) is 11.7. The van der Waals surface area contributed by atoms with Crippen LogP contribution in [0.4, 0.5) is 11.4 Å². The molecule has 0 unspecified atom stereocenters. The number of sulfonamides is 1. The summed E-state index contributed by atoms with van der Waals surface area (Å²) in [6.45, 7) is 3.68. The average molecular weight is 381 g/mol. The minimum Gasteiger partial charge on any atom is -0.323 e. The van der Waals surface area contributed by atoms with Gasteiger partial charge in [0.15, 0.2) is 0 Å². The molecule has 1 amide bonds. The third kappa shape index (κ3) is 4.74. The zero-order valence-corrected chi connectivity index (χ0v) is 15.9. The van der Waals surface area contributed by atoms with Gasteiger partial charge in [0.05, 0.1) is 22.7 Å². The molecule has 2 rings (SSSR count). The summed E-state index contributed by atoms with van der Waals surface area (Å²) in [5.74, 6) is -0.429. The van der Waals surface area contributed by atoms with E-state index in [0.29, 0.717) is 22.8 Å². The maximum atomic E-state index is 12.7. The molecule has 0 aliphatic rings. The molecule has 7 heteroatoms. The van der Waals surface area contributed by atoms with Crippen molar-refractivity contribution in [3.8, 4) is 0 Å². The fraction of sp³-hybridized carbons (Fsp3) is 0.278. The highest BCUT2D eigenvalue weighted by atomic mass is 35.5. The molecule has 134 valence electrons. The maximum Gasteiger partial charge on any atom is 0.248 e. The standard InChI is InChI=1S/C18H21ClN2O3S/c1-4-17(18(22)20-16-8-6-5-7-15(16)19)21(25(3,23)24)14-11-9-13(2)10-12-14/h5-12,17H,4H2,1-3H3,(H,20,22)/t17-/m0/s1. The van der Waals surface area contributed by atoms with E-state index in [2.05, 4.69) is 5.32 Å². The summed E-state index contributed by atoms with van der Waals surface area (Å²) in [6.07, 6.45) is 1.41. The highest BCUT2D eigenvalue weighted by Gasteiger charge is 2.31. The van der Waals surface area contributed by atoms with Crippen LogP contribution in [0.1, 0.15) is 18.9 Å². The molecule has 0 aliphatic carbocycles. The zero-order valence-electron chi connectivity index (χ0n) is 14.4. The SMILES string of the molecule is CC[C@@H](C(=O)Nc1ccccc1Cl)N(c1ccc(C)cc1)S(C)(=O)=O. The average Bonchev–Trinajstić information content (AvgIpc) is 2.54. The van der Waals surface area contributed by atoms with E-state index in [1.165, 1.54) is 0 Å². The molecular weight excluding hydrogens is 360 g/mol. The van der Waals surface area contributed by atoms with Crippen LogP contribution >= 0.6 is 11.6 Å². The van der Waals surface area contributed by atoms with Crippen LogP contribution in [-0.2, 0) is 14.8 Å². The highest BCUT2D eigenvalue weighted by molar-refractivity contribution is 7.92. The second kappa shape index (κ2) is 7.89. The Morgan fingerprint density at radius 1 is 1.16 bits per heavy atom. The first-order valence-electron chi connectivity index (χ1n) is 7.85. The number of nitrogens with zero attached hydrogens (tertiary/aromatic N) is 1. The molecule has 0 aliphatic heterocycles. The van der Waals surface area contributed by atoms with Gasteiger partial charge < -0.3 is 5.32 Å². The number of aryl methyl sites for hydroxylation is 1. The van der Waals surface area contributed by atoms with Crippen molar-refractivity contribution in [3.63, 3.8) is 0 Å². The predicted octanol–water partition coefficient (Wildman–Crippen LogP) is 3.83. The number of rotatable bonds is 6. The Morgan fingerprint density at radius 3 is 2.28 bits per heavy atom. The van der Waals surface area contributed by atoms with Crippen molar-refractivity contribution in [1.29, 1.82) is 0 Å². The molecule has 0 spiro atoms. The van der Waals surface area contributed by atoms with Gasteiger partial charge >= 0.3 is 0 Å². The first kappa shape index (κ1) is 19.3. The number of hydrogen-bond acceptors (Lipinski definition) is 3. The summed E-state index contributed by atoms with van der Waals surface area (Å²) in [5, 5.41) is 3.11. The van der Waals surface area contributed by atoms with Crippen molar-refractivity contribution in [1.82, 2.24) is 0 Å². The minimum atomic E-state index is -3.65. The Labute approximate surface area is 153 Å². The van der Waals surface area contributed by atoms with E-state index in [1.807, 2.05) is 19.1 Å². The lowest BCUT2D eigenvalue weighted by Gasteiger charge is -2.30. The maximum absolute atomic E-state index is 12.7. The van der Waals surface area contributed by atoms with Crippen molar-refractivity contribution in [2.75, 3.05) is 15.9 Å². The van der Waals surface area contributed by atoms with Gasteiger partial charge in [-0.25, -0.2) is 8.42 Å². The van der Waals surface area contributed by atoms with Crippen LogP contribution in [0.15, 0.2) is 48.5 Å². The Bertz CT molecular complexity index is 851. The first-order valence-corrected chi connectivity index (χ1v) is 10.1. The number of nitrogens with one attached hydrogen (secondary N) is 1. The Morgan fingerprint density at radius 2 is 1.76 bits per heavy atom. The Hall–Kier alpha value is -2.05. The van der Waals surface area contributed by atoms with Crippen LogP contribution < -0.4 is 9.62 Å². The van der Waals surface area contributed by atoms with Crippen LogP contribution in [0, 0.1) is 6.92 Å². The molecule has 0 saturated heterocycles. The number of para-hydroxylation sites is 1. The van der Waals surface area contributed by atoms with Crippen molar-refractivity contribution in [2.45, 2.75) is 26.3 Å². The van der Waals surface area contributed by atoms with Crippen LogP contribution in [0.3, 0.4) is 0 Å². The normalized spacial score (nSPS) is 12.5. The molecular formula is C18H21ClN2O3S. The van der Waals surface area contributed by atoms with Crippen molar-refractivity contribution >= 4 is 38.9 Å². The number of anilines is 2. The minimum absolute atomic E-state index is 0.317. The fourth-order valence-electron chi connectivity index (χ4n) is 2.53. The Kier molecular flexibility index (Phi) is 6.08. The molecule has 0 heterocycles. The molecule has 2 aromatic carbocycles. The van der Waals surface area contributed by atoms with E-state index >= 15 is 0 Å². The molecule has 5 nitrogen and oxygen atoms in total. The van der Waals surface area contributed by atoms with Gasteiger partial charge in [-0.1, -0.05) is 48.4 Å². The van der Waals surface area contributed by atoms with Crippen molar-refractivity contribution in [2.24, 2.45) is 0 Å². The highest BCUT2D eigenvalue weighted by Crippen LogP contribution is 2.25. The number of amides is 1. The molecule has 0 aromatic heterocycles. The number of benzene rings is 2. The van der Waals surface area contributed by atoms with Gasteiger partial charge in [-0.15, -0.1) is 0 Å². The van der Waals surface area contributed by atoms with Gasteiger partial charge in [-0.3, -0.25) is 9.10 Å². The molecule has 25 heavy (non-hydrogen) atoms. The molecule has 0 saturated carbocycles. The number of carbonyl (C=O) groups is 1. The van der Waals surface area contributed by atoms with Crippen LogP contribution in [0.2, 0.25) is 5.02 Å². The summed E-state index contributed by atoms with van der Waals surface area (Å²) in [4.78, 5) is 12.7. The largest absolute Gasteiger partial charge is 0.323 e. The number of halogens is 1. The summed E-state index contributed by atoms with van der Waals surface area (Å²) in [6, 6.07) is 13.0. The van der Waals surface area contributed by atoms with Gasteiger partial charge in [0.1, 0.15) is 6.04 Å². The molecule has 0 bridgehead atoms. The lowest BCUT2D eigenvalue weighted by molar-refractivity contribution is -0.117. The lowest BCUT2D eigenvalue weighted by atomic mass is 10.1. The van der Waals surface area contributed by atoms with E-state index in [1.54, 1.807) is 43.3 Å². The van der Waals surface area contributed by atoms with Gasteiger partial charge in [0.2, 0.25) is 15.9 Å². The van der Waals surface area contributed by atoms with Gasteiger partial charge in [0, 0.05) is 0 Å². The van der Waals surface area contributed by atoms with E-state index < -0.39 is 22.0 Å². The predicted molar refractivity (Wildman–Crippen MR) is 103 cm³/mol. The van der Waals surface area contributed by atoms with Gasteiger partial charge in [-0.05, 0) is 37.6 Å². The van der Waals surface area contributed by atoms with Gasteiger partial charge in [0.25, 0.3) is 0 Å². The molecule has 1 atom stereocenters. The third-order valence-corrected chi connectivity index (χ3v) is 5.26. The monoisotopic (exact) mass is 380 g/mol. The van der Waals surface area contributed by atoms with Crippen molar-refractivity contribution < 1.29 is 13.2 Å². The molecule has 2 aromatic rings. The Balaban J connectivity index is 2.38. The van der Waals surface area contributed by atoms with E-state index in [-0.39, 0.29) is 0 Å². The van der Waals surface area contributed by atoms with Gasteiger partial charge in [-0.2, -0.15) is 0 Å². The second-order valence-corrected chi connectivity index (χ2v) is 8.05.